The van der Waals surface area contributed by atoms with Crippen LogP contribution in [0.4, 0.5) is 0 Å². The molecule has 2 rings (SSSR count). The Bertz CT molecular complexity index is 637. The van der Waals surface area contributed by atoms with Crippen LogP contribution in [0.2, 0.25) is 0 Å². The highest BCUT2D eigenvalue weighted by atomic mass is 32.2. The second kappa shape index (κ2) is 6.45. The number of pyridine rings is 1. The molecule has 0 aliphatic rings. The summed E-state index contributed by atoms with van der Waals surface area (Å²) in [5, 5.41) is 5.01. The molecule has 108 valence electrons. The summed E-state index contributed by atoms with van der Waals surface area (Å²) in [5.74, 6) is 0. The Kier molecular flexibility index (Phi) is 4.87. The molecule has 0 bridgehead atoms. The molecule has 0 spiro atoms. The first kappa shape index (κ1) is 15.1. The van der Waals surface area contributed by atoms with E-state index in [0.29, 0.717) is 13.1 Å². The summed E-state index contributed by atoms with van der Waals surface area (Å²) in [5.41, 5.74) is 0.951. The Morgan fingerprint density at radius 3 is 2.70 bits per heavy atom. The van der Waals surface area contributed by atoms with Crippen LogP contribution in [0.1, 0.15) is 10.4 Å². The first-order valence-electron chi connectivity index (χ1n) is 6.12. The maximum Gasteiger partial charge on any atom is 0.260 e. The molecule has 0 unspecified atom stereocenters. The minimum absolute atomic E-state index is 0.0800. The highest BCUT2D eigenvalue weighted by Gasteiger charge is 2.22. The van der Waals surface area contributed by atoms with E-state index in [1.807, 2.05) is 24.6 Å². The van der Waals surface area contributed by atoms with Crippen LogP contribution >= 0.6 is 11.3 Å². The van der Waals surface area contributed by atoms with Crippen LogP contribution in [0.5, 0.6) is 0 Å². The SMILES string of the molecule is CNCc1ccc(S(=O)(=O)N(C)Cc2cccs2)nc1. The van der Waals surface area contributed by atoms with E-state index in [0.717, 1.165) is 10.4 Å². The fourth-order valence-electron chi connectivity index (χ4n) is 1.74. The monoisotopic (exact) mass is 311 g/mol. The van der Waals surface area contributed by atoms with Gasteiger partial charge in [-0.3, -0.25) is 0 Å². The Balaban J connectivity index is 2.16. The van der Waals surface area contributed by atoms with Crippen molar-refractivity contribution in [2.45, 2.75) is 18.1 Å². The van der Waals surface area contributed by atoms with Gasteiger partial charge in [0, 0.05) is 31.2 Å². The number of thiophene rings is 1. The van der Waals surface area contributed by atoms with E-state index < -0.39 is 10.0 Å². The zero-order valence-electron chi connectivity index (χ0n) is 11.4. The number of hydrogen-bond donors (Lipinski definition) is 1. The molecule has 0 atom stereocenters. The molecule has 7 heteroatoms. The van der Waals surface area contributed by atoms with E-state index in [2.05, 4.69) is 10.3 Å². The van der Waals surface area contributed by atoms with Crippen molar-refractivity contribution in [1.29, 1.82) is 0 Å². The maximum absolute atomic E-state index is 12.4. The Labute approximate surface area is 123 Å². The molecule has 2 heterocycles. The highest BCUT2D eigenvalue weighted by molar-refractivity contribution is 7.89. The van der Waals surface area contributed by atoms with Crippen molar-refractivity contribution in [1.82, 2.24) is 14.6 Å². The largest absolute Gasteiger partial charge is 0.316 e. The molecule has 20 heavy (non-hydrogen) atoms. The fourth-order valence-corrected chi connectivity index (χ4v) is 3.63. The molecule has 0 saturated heterocycles. The van der Waals surface area contributed by atoms with Crippen LogP contribution in [0.3, 0.4) is 0 Å². The van der Waals surface area contributed by atoms with Crippen molar-refractivity contribution >= 4 is 21.4 Å². The molecule has 2 aromatic rings. The van der Waals surface area contributed by atoms with E-state index in [4.69, 9.17) is 0 Å². The first-order chi connectivity index (χ1) is 9.54. The van der Waals surface area contributed by atoms with Crippen LogP contribution in [0.15, 0.2) is 40.9 Å². The van der Waals surface area contributed by atoms with Gasteiger partial charge >= 0.3 is 0 Å². The molecule has 1 N–H and O–H groups in total. The van der Waals surface area contributed by atoms with Gasteiger partial charge in [-0.2, -0.15) is 4.31 Å². The minimum Gasteiger partial charge on any atom is -0.316 e. The van der Waals surface area contributed by atoms with E-state index in [-0.39, 0.29) is 5.03 Å². The standard InChI is InChI=1S/C13H17N3O2S2/c1-14-8-11-5-6-13(15-9-11)20(17,18)16(2)10-12-4-3-7-19-12/h3-7,9,14H,8,10H2,1-2H3. The van der Waals surface area contributed by atoms with E-state index in [9.17, 15) is 8.42 Å². The van der Waals surface area contributed by atoms with Crippen molar-refractivity contribution in [2.24, 2.45) is 0 Å². The van der Waals surface area contributed by atoms with Gasteiger partial charge in [0.1, 0.15) is 0 Å². The van der Waals surface area contributed by atoms with Gasteiger partial charge in [-0.05, 0) is 30.1 Å². The van der Waals surface area contributed by atoms with Crippen LogP contribution < -0.4 is 5.32 Å². The molecule has 5 nitrogen and oxygen atoms in total. The lowest BCUT2D eigenvalue weighted by atomic mass is 10.3. The van der Waals surface area contributed by atoms with Crippen molar-refractivity contribution in [2.75, 3.05) is 14.1 Å². The maximum atomic E-state index is 12.4. The lowest BCUT2D eigenvalue weighted by molar-refractivity contribution is 0.466. The smallest absolute Gasteiger partial charge is 0.260 e. The van der Waals surface area contributed by atoms with E-state index in [1.54, 1.807) is 25.4 Å². The van der Waals surface area contributed by atoms with Gasteiger partial charge in [0.25, 0.3) is 10.0 Å². The van der Waals surface area contributed by atoms with Crippen LogP contribution in [0, 0.1) is 0 Å². The number of nitrogens with one attached hydrogen (secondary N) is 1. The van der Waals surface area contributed by atoms with E-state index in [1.165, 1.54) is 15.6 Å². The van der Waals surface area contributed by atoms with Crippen molar-refractivity contribution in [3.8, 4) is 0 Å². The molecular weight excluding hydrogens is 294 g/mol. The highest BCUT2D eigenvalue weighted by Crippen LogP contribution is 2.17. The average molecular weight is 311 g/mol. The number of aromatic nitrogens is 1. The molecule has 0 aliphatic heterocycles. The molecule has 0 fully saturated rings. The molecule has 0 aliphatic carbocycles. The summed E-state index contributed by atoms with van der Waals surface area (Å²) >= 11 is 1.54. The molecular formula is C13H17N3O2S2. The second-order valence-electron chi connectivity index (χ2n) is 4.38. The number of sulfonamides is 1. The van der Waals surface area contributed by atoms with Gasteiger partial charge in [-0.15, -0.1) is 11.3 Å². The normalized spacial score (nSPS) is 11.9. The molecule has 0 radical (unpaired) electrons. The van der Waals surface area contributed by atoms with E-state index >= 15 is 0 Å². The Hall–Kier alpha value is -1.28. The topological polar surface area (TPSA) is 62.3 Å². The van der Waals surface area contributed by atoms with Crippen molar-refractivity contribution in [3.63, 3.8) is 0 Å². The lowest BCUT2D eigenvalue weighted by Crippen LogP contribution is -2.27. The van der Waals surface area contributed by atoms with Crippen molar-refractivity contribution in [3.05, 3.63) is 46.3 Å². The average Bonchev–Trinajstić information content (AvgIpc) is 2.92. The van der Waals surface area contributed by atoms with Crippen LogP contribution in [0.25, 0.3) is 0 Å². The summed E-state index contributed by atoms with van der Waals surface area (Å²) < 4.78 is 26.1. The molecule has 0 saturated carbocycles. The first-order valence-corrected chi connectivity index (χ1v) is 8.44. The summed E-state index contributed by atoms with van der Waals surface area (Å²) in [6.07, 6.45) is 1.59. The van der Waals surface area contributed by atoms with Gasteiger partial charge in [-0.25, -0.2) is 13.4 Å². The summed E-state index contributed by atoms with van der Waals surface area (Å²) in [6, 6.07) is 7.15. The number of nitrogens with zero attached hydrogens (tertiary/aromatic N) is 2. The summed E-state index contributed by atoms with van der Waals surface area (Å²) in [6.45, 7) is 1.03. The molecule has 0 aromatic carbocycles. The summed E-state index contributed by atoms with van der Waals surface area (Å²) in [7, 11) is -0.138. The minimum atomic E-state index is -3.54. The third kappa shape index (κ3) is 3.43. The quantitative estimate of drug-likeness (QED) is 0.882. The third-order valence-corrected chi connectivity index (χ3v) is 5.39. The van der Waals surface area contributed by atoms with Gasteiger partial charge in [0.15, 0.2) is 5.03 Å². The number of rotatable bonds is 6. The van der Waals surface area contributed by atoms with Gasteiger partial charge in [0.05, 0.1) is 0 Å². The van der Waals surface area contributed by atoms with Crippen LogP contribution in [-0.4, -0.2) is 31.8 Å². The third-order valence-electron chi connectivity index (χ3n) is 2.81. The molecule has 2 aromatic heterocycles. The van der Waals surface area contributed by atoms with Crippen molar-refractivity contribution < 1.29 is 8.42 Å². The van der Waals surface area contributed by atoms with Gasteiger partial charge in [0.2, 0.25) is 0 Å². The fraction of sp³-hybridized carbons (Fsp3) is 0.308. The van der Waals surface area contributed by atoms with Gasteiger partial charge in [-0.1, -0.05) is 12.1 Å². The Morgan fingerprint density at radius 1 is 1.35 bits per heavy atom. The van der Waals surface area contributed by atoms with Gasteiger partial charge < -0.3 is 5.32 Å². The zero-order chi connectivity index (χ0) is 14.6. The summed E-state index contributed by atoms with van der Waals surface area (Å²) in [4.78, 5) is 5.06. The molecule has 0 amide bonds. The zero-order valence-corrected chi connectivity index (χ0v) is 13.0. The predicted octanol–water partition coefficient (Wildman–Crippen LogP) is 1.68. The number of hydrogen-bond acceptors (Lipinski definition) is 5. The van der Waals surface area contributed by atoms with Crippen LogP contribution in [-0.2, 0) is 23.1 Å². The Morgan fingerprint density at radius 2 is 2.15 bits per heavy atom. The lowest BCUT2D eigenvalue weighted by Gasteiger charge is -2.15. The predicted molar refractivity (Wildman–Crippen MR) is 80.0 cm³/mol. The second-order valence-corrected chi connectivity index (χ2v) is 7.40.